The first kappa shape index (κ1) is 14.7. The zero-order chi connectivity index (χ0) is 14.7. The molecular formula is C12H21N5O3. The highest BCUT2D eigenvalue weighted by Gasteiger charge is 2.27. The summed E-state index contributed by atoms with van der Waals surface area (Å²) in [5, 5.41) is 21.8. The molecule has 1 aliphatic heterocycles. The third kappa shape index (κ3) is 3.07. The van der Waals surface area contributed by atoms with Gasteiger partial charge < -0.3 is 15.4 Å². The number of nitrogens with one attached hydrogen (secondary N) is 2. The molecule has 1 unspecified atom stereocenters. The van der Waals surface area contributed by atoms with Gasteiger partial charge in [-0.2, -0.15) is 5.10 Å². The highest BCUT2D eigenvalue weighted by molar-refractivity contribution is 5.59. The van der Waals surface area contributed by atoms with Gasteiger partial charge in [-0.1, -0.05) is 0 Å². The SMILES string of the molecule is Cc1nn(C(C)C)c(NCC2CNCCO2)c1[N+](=O)[O-]. The molecule has 0 radical (unpaired) electrons. The Hall–Kier alpha value is -1.67. The number of morpholine rings is 1. The average molecular weight is 283 g/mol. The van der Waals surface area contributed by atoms with Crippen LogP contribution in [0.1, 0.15) is 25.6 Å². The van der Waals surface area contributed by atoms with E-state index >= 15 is 0 Å². The smallest absolute Gasteiger partial charge is 0.333 e. The zero-order valence-corrected chi connectivity index (χ0v) is 12.0. The number of aromatic nitrogens is 2. The van der Waals surface area contributed by atoms with Crippen molar-refractivity contribution in [1.29, 1.82) is 0 Å². The summed E-state index contributed by atoms with van der Waals surface area (Å²) in [5.41, 5.74) is 0.469. The van der Waals surface area contributed by atoms with Gasteiger partial charge in [0.15, 0.2) is 0 Å². The van der Waals surface area contributed by atoms with Crippen molar-refractivity contribution in [3.05, 3.63) is 15.8 Å². The van der Waals surface area contributed by atoms with Gasteiger partial charge in [-0.25, -0.2) is 4.68 Å². The van der Waals surface area contributed by atoms with Crippen LogP contribution in [0.2, 0.25) is 0 Å². The Morgan fingerprint density at radius 3 is 2.95 bits per heavy atom. The van der Waals surface area contributed by atoms with Crippen LogP contribution in [0, 0.1) is 17.0 Å². The van der Waals surface area contributed by atoms with E-state index in [-0.39, 0.29) is 22.8 Å². The number of hydrogen-bond donors (Lipinski definition) is 2. The third-order valence-electron chi connectivity index (χ3n) is 3.23. The van der Waals surface area contributed by atoms with E-state index in [1.165, 1.54) is 0 Å². The molecule has 0 saturated carbocycles. The molecule has 0 amide bonds. The lowest BCUT2D eigenvalue weighted by Gasteiger charge is -2.24. The Morgan fingerprint density at radius 1 is 1.65 bits per heavy atom. The Bertz CT molecular complexity index is 480. The van der Waals surface area contributed by atoms with E-state index in [0.29, 0.717) is 24.7 Å². The van der Waals surface area contributed by atoms with Crippen molar-refractivity contribution in [2.24, 2.45) is 0 Å². The molecule has 0 bridgehead atoms. The number of nitro groups is 1. The van der Waals surface area contributed by atoms with Crippen molar-refractivity contribution in [2.45, 2.75) is 32.9 Å². The van der Waals surface area contributed by atoms with Gasteiger partial charge in [0, 0.05) is 25.7 Å². The van der Waals surface area contributed by atoms with Gasteiger partial charge in [0.25, 0.3) is 0 Å². The fourth-order valence-electron chi connectivity index (χ4n) is 2.26. The van der Waals surface area contributed by atoms with Gasteiger partial charge in [0.05, 0.1) is 17.6 Å². The summed E-state index contributed by atoms with van der Waals surface area (Å²) in [6.45, 7) is 8.32. The third-order valence-corrected chi connectivity index (χ3v) is 3.23. The van der Waals surface area contributed by atoms with Gasteiger partial charge in [0.2, 0.25) is 5.82 Å². The second-order valence-corrected chi connectivity index (χ2v) is 5.16. The lowest BCUT2D eigenvalue weighted by molar-refractivity contribution is -0.384. The van der Waals surface area contributed by atoms with Crippen LogP contribution in [0.5, 0.6) is 0 Å². The molecule has 1 aromatic rings. The second-order valence-electron chi connectivity index (χ2n) is 5.16. The first-order chi connectivity index (χ1) is 9.50. The van der Waals surface area contributed by atoms with Crippen LogP contribution in [-0.4, -0.2) is 47.0 Å². The summed E-state index contributed by atoms with van der Waals surface area (Å²) in [5.74, 6) is 0.455. The van der Waals surface area contributed by atoms with E-state index in [2.05, 4.69) is 15.7 Å². The molecule has 0 aliphatic carbocycles. The number of aryl methyl sites for hydroxylation is 1. The number of anilines is 1. The molecule has 112 valence electrons. The van der Waals surface area contributed by atoms with Crippen LogP contribution in [-0.2, 0) is 4.74 Å². The monoisotopic (exact) mass is 283 g/mol. The molecule has 1 saturated heterocycles. The first-order valence-electron chi connectivity index (χ1n) is 6.80. The molecule has 0 aromatic carbocycles. The summed E-state index contributed by atoms with van der Waals surface area (Å²) < 4.78 is 7.24. The fourth-order valence-corrected chi connectivity index (χ4v) is 2.26. The van der Waals surface area contributed by atoms with E-state index in [4.69, 9.17) is 4.74 Å². The Balaban J connectivity index is 2.17. The predicted molar refractivity (Wildman–Crippen MR) is 75.1 cm³/mol. The molecule has 20 heavy (non-hydrogen) atoms. The van der Waals surface area contributed by atoms with Gasteiger partial charge >= 0.3 is 5.69 Å². The summed E-state index contributed by atoms with van der Waals surface area (Å²) >= 11 is 0. The maximum Gasteiger partial charge on any atom is 0.333 e. The highest BCUT2D eigenvalue weighted by atomic mass is 16.6. The molecule has 2 heterocycles. The maximum atomic E-state index is 11.2. The molecule has 1 aromatic heterocycles. The summed E-state index contributed by atoms with van der Waals surface area (Å²) in [6, 6.07) is 0.0512. The predicted octanol–water partition coefficient (Wildman–Crippen LogP) is 1.08. The van der Waals surface area contributed by atoms with E-state index in [1.54, 1.807) is 11.6 Å². The van der Waals surface area contributed by atoms with Crippen LogP contribution in [0.3, 0.4) is 0 Å². The molecule has 1 aliphatic rings. The molecule has 1 fully saturated rings. The van der Waals surface area contributed by atoms with Crippen molar-refractivity contribution in [3.8, 4) is 0 Å². The summed E-state index contributed by atoms with van der Waals surface area (Å²) in [6.07, 6.45) is 0.0131. The van der Waals surface area contributed by atoms with Gasteiger partial charge in [-0.15, -0.1) is 0 Å². The van der Waals surface area contributed by atoms with Crippen molar-refractivity contribution < 1.29 is 9.66 Å². The zero-order valence-electron chi connectivity index (χ0n) is 12.0. The average Bonchev–Trinajstić information content (AvgIpc) is 2.74. The molecule has 8 nitrogen and oxygen atoms in total. The van der Waals surface area contributed by atoms with Crippen LogP contribution >= 0.6 is 0 Å². The van der Waals surface area contributed by atoms with Crippen molar-refractivity contribution in [2.75, 3.05) is 31.6 Å². The van der Waals surface area contributed by atoms with E-state index in [0.717, 1.165) is 13.1 Å². The number of rotatable bonds is 5. The quantitative estimate of drug-likeness (QED) is 0.620. The minimum Gasteiger partial charge on any atom is -0.374 e. The van der Waals surface area contributed by atoms with Crippen LogP contribution in [0.4, 0.5) is 11.5 Å². The van der Waals surface area contributed by atoms with Crippen LogP contribution in [0.25, 0.3) is 0 Å². The van der Waals surface area contributed by atoms with E-state index in [1.807, 2.05) is 13.8 Å². The Morgan fingerprint density at radius 2 is 2.40 bits per heavy atom. The largest absolute Gasteiger partial charge is 0.374 e. The lowest BCUT2D eigenvalue weighted by atomic mass is 10.3. The number of hydrogen-bond acceptors (Lipinski definition) is 6. The lowest BCUT2D eigenvalue weighted by Crippen LogP contribution is -2.42. The first-order valence-corrected chi connectivity index (χ1v) is 6.80. The standard InChI is InChI=1S/C12H21N5O3/c1-8(2)16-12(11(17(18)19)9(3)15-16)14-7-10-6-13-4-5-20-10/h8,10,13-14H,4-7H2,1-3H3. The van der Waals surface area contributed by atoms with Gasteiger partial charge in [-0.05, 0) is 20.8 Å². The number of nitrogens with zero attached hydrogens (tertiary/aromatic N) is 3. The molecule has 0 spiro atoms. The molecular weight excluding hydrogens is 262 g/mol. The molecule has 2 rings (SSSR count). The topological polar surface area (TPSA) is 94.2 Å². The van der Waals surface area contributed by atoms with Gasteiger partial charge in [-0.3, -0.25) is 10.1 Å². The maximum absolute atomic E-state index is 11.2. The van der Waals surface area contributed by atoms with Crippen molar-refractivity contribution >= 4 is 11.5 Å². The van der Waals surface area contributed by atoms with Crippen molar-refractivity contribution in [3.63, 3.8) is 0 Å². The normalized spacial score (nSPS) is 19.3. The fraction of sp³-hybridized carbons (Fsp3) is 0.750. The minimum absolute atomic E-state index is 0.0131. The summed E-state index contributed by atoms with van der Waals surface area (Å²) in [7, 11) is 0. The minimum atomic E-state index is -0.385. The van der Waals surface area contributed by atoms with Gasteiger partial charge in [0.1, 0.15) is 5.69 Å². The van der Waals surface area contributed by atoms with E-state index in [9.17, 15) is 10.1 Å². The molecule has 1 atom stereocenters. The van der Waals surface area contributed by atoms with Crippen LogP contribution < -0.4 is 10.6 Å². The summed E-state index contributed by atoms with van der Waals surface area (Å²) in [4.78, 5) is 10.8. The number of ether oxygens (including phenoxy) is 1. The van der Waals surface area contributed by atoms with E-state index < -0.39 is 0 Å². The second kappa shape index (κ2) is 6.19. The Kier molecular flexibility index (Phi) is 4.56. The molecule has 8 heteroatoms. The van der Waals surface area contributed by atoms with Crippen molar-refractivity contribution in [1.82, 2.24) is 15.1 Å². The van der Waals surface area contributed by atoms with Crippen LogP contribution in [0.15, 0.2) is 0 Å². The molecule has 2 N–H and O–H groups in total. The Labute approximate surface area is 117 Å². The highest BCUT2D eigenvalue weighted by Crippen LogP contribution is 2.30.